The van der Waals surface area contributed by atoms with E-state index >= 15 is 0 Å². The highest BCUT2D eigenvalue weighted by Gasteiger charge is 2.23. The lowest BCUT2D eigenvalue weighted by Crippen LogP contribution is -2.34. The average Bonchev–Trinajstić information content (AvgIpc) is 2.97. The smallest absolute Gasteiger partial charge is 0.227 e. The van der Waals surface area contributed by atoms with Gasteiger partial charge in [0.05, 0.1) is 12.3 Å². The van der Waals surface area contributed by atoms with Crippen LogP contribution >= 0.6 is 0 Å². The molecule has 1 aromatic carbocycles. The Balaban J connectivity index is 0. The standard InChI is InChI=1S/C33H60N2O2.C3H6O.C2H6O2S/c1-9-16-19-27(12-4)24-35(25-28(13-5)20-17-10-2)31-23-30(26(8)22-32(31)37-15-7)34-33(36)29(14-6)21-18-11-3;1-3(2)4;1-5(2,3)4/h22-23,27-29H,9-21,24-25H2,1-8H3,(H,34,36);1-2H3;1-2H3. The van der Waals surface area contributed by atoms with Crippen LogP contribution in [0.5, 0.6) is 5.75 Å². The number of unbranched alkanes of at least 4 members (excludes halogenated alkanes) is 3. The summed E-state index contributed by atoms with van der Waals surface area (Å²) in [6.45, 7) is 23.5. The van der Waals surface area contributed by atoms with Crippen LogP contribution in [0.15, 0.2) is 12.1 Å². The molecule has 0 heterocycles. The van der Waals surface area contributed by atoms with Crippen LogP contribution in [-0.2, 0) is 19.4 Å². The number of carbonyl (C=O) groups is 2. The number of hydrogen-bond acceptors (Lipinski definition) is 6. The van der Waals surface area contributed by atoms with Crippen LogP contribution in [0, 0.1) is 24.7 Å². The Morgan fingerprint density at radius 2 is 1.22 bits per heavy atom. The van der Waals surface area contributed by atoms with Crippen molar-refractivity contribution in [3.63, 3.8) is 0 Å². The SMILES string of the molecule is CC(C)=O.CCCCC(CC)CN(CC(CC)CCCC)c1cc(NC(=O)C(CC)CCCC)c(C)cc1OCC.CS(C)(=O)=O. The second-order valence-electron chi connectivity index (χ2n) is 13.1. The maximum absolute atomic E-state index is 13.2. The van der Waals surface area contributed by atoms with Gasteiger partial charge in [-0.25, -0.2) is 8.42 Å². The number of ketones is 1. The van der Waals surface area contributed by atoms with E-state index in [2.05, 4.69) is 77.7 Å². The fourth-order valence-corrected chi connectivity index (χ4v) is 5.26. The van der Waals surface area contributed by atoms with Gasteiger partial charge in [-0.3, -0.25) is 4.79 Å². The van der Waals surface area contributed by atoms with Gasteiger partial charge in [0, 0.05) is 37.2 Å². The van der Waals surface area contributed by atoms with Gasteiger partial charge in [-0.1, -0.05) is 92.9 Å². The van der Waals surface area contributed by atoms with Crippen molar-refractivity contribution in [3.8, 4) is 5.75 Å². The molecule has 0 bridgehead atoms. The van der Waals surface area contributed by atoms with Gasteiger partial charge >= 0.3 is 0 Å². The van der Waals surface area contributed by atoms with Crippen LogP contribution in [0.25, 0.3) is 0 Å². The number of Topliss-reactive ketones (excluding diaryl/α,β-unsaturated/α-hetero) is 1. The van der Waals surface area contributed by atoms with Crippen molar-refractivity contribution in [1.82, 2.24) is 0 Å². The minimum atomic E-state index is -2.67. The lowest BCUT2D eigenvalue weighted by Gasteiger charge is -2.34. The lowest BCUT2D eigenvalue weighted by atomic mass is 9.95. The highest BCUT2D eigenvalue weighted by atomic mass is 32.2. The Kier molecular flexibility index (Phi) is 26.9. The van der Waals surface area contributed by atoms with Crippen molar-refractivity contribution in [2.24, 2.45) is 17.8 Å². The highest BCUT2D eigenvalue weighted by Crippen LogP contribution is 2.37. The quantitative estimate of drug-likeness (QED) is 0.140. The van der Waals surface area contributed by atoms with Gasteiger partial charge in [-0.2, -0.15) is 0 Å². The molecule has 1 rings (SSSR count). The minimum absolute atomic E-state index is 0.0718. The maximum Gasteiger partial charge on any atom is 0.227 e. The van der Waals surface area contributed by atoms with Crippen LogP contribution in [-0.4, -0.2) is 52.3 Å². The Bertz CT molecular complexity index is 1030. The van der Waals surface area contributed by atoms with Crippen molar-refractivity contribution in [3.05, 3.63) is 17.7 Å². The number of nitrogens with one attached hydrogen (secondary N) is 1. The van der Waals surface area contributed by atoms with E-state index in [0.717, 1.165) is 74.0 Å². The summed E-state index contributed by atoms with van der Waals surface area (Å²) in [6, 6.07) is 4.36. The molecular formula is C38H72N2O5S. The molecule has 1 aromatic rings. The predicted molar refractivity (Wildman–Crippen MR) is 200 cm³/mol. The monoisotopic (exact) mass is 669 g/mol. The first kappa shape index (κ1) is 46.0. The van der Waals surface area contributed by atoms with E-state index in [1.807, 2.05) is 0 Å². The van der Waals surface area contributed by atoms with E-state index in [9.17, 15) is 18.0 Å². The van der Waals surface area contributed by atoms with Gasteiger partial charge in [-0.15, -0.1) is 0 Å². The van der Waals surface area contributed by atoms with Crippen molar-refractivity contribution in [1.29, 1.82) is 0 Å². The number of sulfone groups is 1. The molecule has 1 N–H and O–H groups in total. The summed E-state index contributed by atoms with van der Waals surface area (Å²) in [6.07, 6.45) is 16.3. The van der Waals surface area contributed by atoms with Gasteiger partial charge in [0.15, 0.2) is 0 Å². The van der Waals surface area contributed by atoms with Gasteiger partial charge < -0.3 is 19.7 Å². The third-order valence-corrected chi connectivity index (χ3v) is 8.02. The Morgan fingerprint density at radius 1 is 0.783 bits per heavy atom. The first-order valence-corrected chi connectivity index (χ1v) is 20.4. The topological polar surface area (TPSA) is 92.8 Å². The third-order valence-electron chi connectivity index (χ3n) is 8.02. The van der Waals surface area contributed by atoms with E-state index in [1.165, 1.54) is 65.2 Å². The average molecular weight is 669 g/mol. The predicted octanol–water partition coefficient (Wildman–Crippen LogP) is 10.0. The van der Waals surface area contributed by atoms with E-state index < -0.39 is 9.84 Å². The van der Waals surface area contributed by atoms with Gasteiger partial charge in [0.1, 0.15) is 21.4 Å². The molecule has 0 aliphatic heterocycles. The lowest BCUT2D eigenvalue weighted by molar-refractivity contribution is -0.120. The van der Waals surface area contributed by atoms with Crippen LogP contribution in [0.3, 0.4) is 0 Å². The molecule has 0 fully saturated rings. The second-order valence-corrected chi connectivity index (χ2v) is 15.4. The second kappa shape index (κ2) is 26.9. The third kappa shape index (κ3) is 23.3. The molecule has 0 aliphatic carbocycles. The summed E-state index contributed by atoms with van der Waals surface area (Å²) in [5.41, 5.74) is 3.16. The molecule has 0 aromatic heterocycles. The summed E-state index contributed by atoms with van der Waals surface area (Å²) < 4.78 is 25.5. The van der Waals surface area contributed by atoms with E-state index in [-0.39, 0.29) is 17.6 Å². The molecule has 3 unspecified atom stereocenters. The van der Waals surface area contributed by atoms with E-state index in [4.69, 9.17) is 4.74 Å². The fourth-order valence-electron chi connectivity index (χ4n) is 5.26. The molecular weight excluding hydrogens is 596 g/mol. The normalized spacial score (nSPS) is 12.9. The zero-order chi connectivity index (χ0) is 35.7. The molecule has 270 valence electrons. The zero-order valence-corrected chi connectivity index (χ0v) is 32.7. The first-order valence-electron chi connectivity index (χ1n) is 18.1. The molecule has 0 radical (unpaired) electrons. The minimum Gasteiger partial charge on any atom is -0.492 e. The summed E-state index contributed by atoms with van der Waals surface area (Å²) in [4.78, 5) is 25.3. The summed E-state index contributed by atoms with van der Waals surface area (Å²) in [5.74, 6) is 2.67. The number of aryl methyl sites for hydroxylation is 1. The summed E-state index contributed by atoms with van der Waals surface area (Å²) >= 11 is 0. The number of ether oxygens (including phenoxy) is 1. The molecule has 3 atom stereocenters. The molecule has 7 nitrogen and oxygen atoms in total. The number of nitrogens with zero attached hydrogens (tertiary/aromatic N) is 1. The highest BCUT2D eigenvalue weighted by molar-refractivity contribution is 7.89. The van der Waals surface area contributed by atoms with Crippen LogP contribution in [0.2, 0.25) is 0 Å². The number of rotatable bonds is 21. The number of hydrogen-bond donors (Lipinski definition) is 1. The fraction of sp³-hybridized carbons (Fsp3) is 0.789. The Labute approximate surface area is 284 Å². The number of anilines is 2. The van der Waals surface area contributed by atoms with Crippen molar-refractivity contribution in [2.75, 3.05) is 42.4 Å². The molecule has 0 saturated carbocycles. The summed E-state index contributed by atoms with van der Waals surface area (Å²) in [7, 11) is -2.67. The molecule has 0 aliphatic rings. The molecule has 8 heteroatoms. The van der Waals surface area contributed by atoms with E-state index in [0.29, 0.717) is 18.4 Å². The van der Waals surface area contributed by atoms with Crippen LogP contribution < -0.4 is 15.0 Å². The Morgan fingerprint density at radius 3 is 1.59 bits per heavy atom. The summed E-state index contributed by atoms with van der Waals surface area (Å²) in [5, 5.41) is 3.32. The maximum atomic E-state index is 13.2. The first-order chi connectivity index (χ1) is 21.6. The zero-order valence-electron chi connectivity index (χ0n) is 31.9. The largest absolute Gasteiger partial charge is 0.492 e. The Hall–Kier alpha value is -2.09. The van der Waals surface area contributed by atoms with E-state index in [1.54, 1.807) is 0 Å². The van der Waals surface area contributed by atoms with Crippen molar-refractivity contribution < 1.29 is 22.7 Å². The number of amides is 1. The molecule has 0 spiro atoms. The van der Waals surface area contributed by atoms with Gasteiger partial charge in [0.25, 0.3) is 0 Å². The van der Waals surface area contributed by atoms with Crippen LogP contribution in [0.1, 0.15) is 145 Å². The molecule has 0 saturated heterocycles. The van der Waals surface area contributed by atoms with Crippen LogP contribution in [0.4, 0.5) is 11.4 Å². The van der Waals surface area contributed by atoms with Gasteiger partial charge in [-0.05, 0) is 82.9 Å². The molecule has 1 amide bonds. The van der Waals surface area contributed by atoms with Gasteiger partial charge in [0.2, 0.25) is 5.91 Å². The van der Waals surface area contributed by atoms with Crippen molar-refractivity contribution in [2.45, 2.75) is 146 Å². The molecule has 46 heavy (non-hydrogen) atoms. The number of carbonyl (C=O) groups excluding carboxylic acids is 2. The number of benzene rings is 1. The van der Waals surface area contributed by atoms with Crippen molar-refractivity contribution >= 4 is 32.9 Å².